The summed E-state index contributed by atoms with van der Waals surface area (Å²) in [5.41, 5.74) is 8.67. The fourth-order valence-corrected chi connectivity index (χ4v) is 3.64. The minimum atomic E-state index is 0.0357. The number of rotatable bonds is 0. The van der Waals surface area contributed by atoms with Gasteiger partial charge in [0, 0.05) is 22.1 Å². The second-order valence-corrected chi connectivity index (χ2v) is 7.02. The first-order valence-corrected chi connectivity index (χ1v) is 8.91. The van der Waals surface area contributed by atoms with Crippen LogP contribution < -0.4 is 10.7 Å². The molecule has 3 aliphatic rings. The lowest BCUT2D eigenvalue weighted by Gasteiger charge is -2.04. The molecule has 4 heteroatoms. The molecule has 2 N–H and O–H groups in total. The van der Waals surface area contributed by atoms with Crippen LogP contribution in [0.3, 0.4) is 0 Å². The Kier molecular flexibility index (Phi) is 3.16. The van der Waals surface area contributed by atoms with E-state index in [4.69, 9.17) is 9.98 Å². The molecule has 1 atom stereocenters. The summed E-state index contributed by atoms with van der Waals surface area (Å²) in [7, 11) is 0. The highest BCUT2D eigenvalue weighted by Gasteiger charge is 2.19. The van der Waals surface area contributed by atoms with Crippen molar-refractivity contribution < 1.29 is 0 Å². The van der Waals surface area contributed by atoms with Gasteiger partial charge in [-0.3, -0.25) is 4.99 Å². The Labute approximate surface area is 151 Å². The summed E-state index contributed by atoms with van der Waals surface area (Å²) in [6, 6.07) is 8.56. The number of nitrogens with zero attached hydrogens (tertiary/aromatic N) is 2. The third-order valence-corrected chi connectivity index (χ3v) is 5.43. The van der Waals surface area contributed by atoms with Crippen LogP contribution in [0, 0.1) is 0 Å². The van der Waals surface area contributed by atoms with Gasteiger partial charge in [0.1, 0.15) is 6.04 Å². The average molecular weight is 340 g/mol. The highest BCUT2D eigenvalue weighted by molar-refractivity contribution is 6.26. The van der Waals surface area contributed by atoms with Crippen molar-refractivity contribution in [3.63, 3.8) is 0 Å². The Balaban J connectivity index is 1.82. The fourth-order valence-electron chi connectivity index (χ4n) is 3.64. The Morgan fingerprint density at radius 1 is 0.769 bits per heavy atom. The van der Waals surface area contributed by atoms with E-state index in [9.17, 15) is 0 Å². The molecule has 0 saturated heterocycles. The number of fused-ring (bicyclic) bond motifs is 7. The number of hydrogen-bond acceptors (Lipinski definition) is 2. The van der Waals surface area contributed by atoms with Gasteiger partial charge in [0.05, 0.1) is 17.1 Å². The molecule has 5 rings (SSSR count). The van der Waals surface area contributed by atoms with Crippen LogP contribution in [-0.4, -0.2) is 21.4 Å². The molecule has 3 aliphatic heterocycles. The first kappa shape index (κ1) is 15.1. The molecule has 1 unspecified atom stereocenters. The summed E-state index contributed by atoms with van der Waals surface area (Å²) in [5, 5.41) is 2.21. The van der Waals surface area contributed by atoms with Crippen molar-refractivity contribution in [2.75, 3.05) is 0 Å². The zero-order chi connectivity index (χ0) is 17.8. The number of allylic oxidation sites excluding steroid dienone is 4. The molecule has 2 aromatic heterocycles. The van der Waals surface area contributed by atoms with E-state index in [0.717, 1.165) is 50.4 Å². The first-order chi connectivity index (χ1) is 12.6. The van der Waals surface area contributed by atoms with E-state index in [1.54, 1.807) is 0 Å². The number of nitrogens with one attached hydrogen (secondary N) is 2. The highest BCUT2D eigenvalue weighted by Crippen LogP contribution is 2.28. The van der Waals surface area contributed by atoms with Gasteiger partial charge in [-0.15, -0.1) is 0 Å². The number of hydrogen-bond donors (Lipinski definition) is 2. The van der Waals surface area contributed by atoms with Crippen molar-refractivity contribution in [1.82, 2.24) is 9.97 Å². The van der Waals surface area contributed by atoms with Gasteiger partial charge >= 0.3 is 0 Å². The minimum absolute atomic E-state index is 0.0357. The summed E-state index contributed by atoms with van der Waals surface area (Å²) in [4.78, 5) is 16.8. The zero-order valence-electron chi connectivity index (χ0n) is 15.1. The third-order valence-electron chi connectivity index (χ3n) is 5.43. The van der Waals surface area contributed by atoms with Crippen molar-refractivity contribution in [2.24, 2.45) is 9.98 Å². The monoisotopic (exact) mass is 340 g/mol. The Bertz CT molecular complexity index is 1200. The van der Waals surface area contributed by atoms with Crippen LogP contribution in [0.5, 0.6) is 0 Å². The molecule has 0 amide bonds. The van der Waals surface area contributed by atoms with Crippen molar-refractivity contribution in [3.8, 4) is 0 Å². The maximum atomic E-state index is 4.89. The van der Waals surface area contributed by atoms with E-state index in [-0.39, 0.29) is 6.04 Å². The minimum Gasteiger partial charge on any atom is -0.357 e. The maximum Gasteiger partial charge on any atom is 0.109 e. The zero-order valence-corrected chi connectivity index (χ0v) is 15.1. The van der Waals surface area contributed by atoms with Gasteiger partial charge in [0.15, 0.2) is 0 Å². The molecule has 0 aromatic carbocycles. The fraction of sp³-hybridized carbons (Fsp3) is 0.182. The van der Waals surface area contributed by atoms with Gasteiger partial charge in [-0.05, 0) is 80.0 Å². The molecule has 0 aliphatic carbocycles. The van der Waals surface area contributed by atoms with Crippen molar-refractivity contribution >= 4 is 22.6 Å². The van der Waals surface area contributed by atoms with Crippen LogP contribution in [0.4, 0.5) is 0 Å². The van der Waals surface area contributed by atoms with Gasteiger partial charge in [-0.1, -0.05) is 6.08 Å². The normalized spacial score (nSPS) is 26.0. The predicted octanol–water partition coefficient (Wildman–Crippen LogP) is 3.08. The van der Waals surface area contributed by atoms with Gasteiger partial charge in [0.2, 0.25) is 0 Å². The smallest absolute Gasteiger partial charge is 0.109 e. The van der Waals surface area contributed by atoms with Gasteiger partial charge in [-0.2, -0.15) is 0 Å². The second-order valence-electron chi connectivity index (χ2n) is 7.02. The Hall–Kier alpha value is -3.14. The summed E-state index contributed by atoms with van der Waals surface area (Å²) >= 11 is 0. The lowest BCUT2D eigenvalue weighted by Crippen LogP contribution is -2.16. The van der Waals surface area contributed by atoms with E-state index < -0.39 is 0 Å². The standard InChI is InChI=1S/C22H20N4/c1-12-15-4-6-17(23-15)13(2)19-8-10-21(25-19)22-11-9-20(26-22)14(3)18-7-5-16(12)24-18/h4-11,21,24,26H,1-3H3/b16-12?,17-13-,18-14-. The van der Waals surface area contributed by atoms with E-state index in [2.05, 4.69) is 79.3 Å². The van der Waals surface area contributed by atoms with Crippen molar-refractivity contribution in [2.45, 2.75) is 26.8 Å². The molecule has 0 spiro atoms. The average Bonchev–Trinajstić information content (AvgIpc) is 3.45. The third kappa shape index (κ3) is 2.22. The molecule has 2 aromatic rings. The van der Waals surface area contributed by atoms with Crippen molar-refractivity contribution in [1.29, 1.82) is 0 Å². The van der Waals surface area contributed by atoms with Crippen molar-refractivity contribution in [3.05, 3.63) is 81.9 Å². The van der Waals surface area contributed by atoms with E-state index in [0.29, 0.717) is 0 Å². The van der Waals surface area contributed by atoms with E-state index in [1.165, 1.54) is 5.57 Å². The molecule has 26 heavy (non-hydrogen) atoms. The highest BCUT2D eigenvalue weighted by atomic mass is 14.9. The molecule has 0 fully saturated rings. The molecule has 0 radical (unpaired) electrons. The molecule has 128 valence electrons. The number of aromatic amines is 2. The Morgan fingerprint density at radius 3 is 2.42 bits per heavy atom. The largest absolute Gasteiger partial charge is 0.357 e. The number of aromatic nitrogens is 2. The van der Waals surface area contributed by atoms with E-state index in [1.807, 2.05) is 0 Å². The van der Waals surface area contributed by atoms with Gasteiger partial charge in [-0.25, -0.2) is 4.99 Å². The van der Waals surface area contributed by atoms with Gasteiger partial charge in [0.25, 0.3) is 0 Å². The summed E-state index contributed by atoms with van der Waals surface area (Å²) < 4.78 is 0. The SMILES string of the molecule is CC1=c2cc/c([nH]2)=C(\C)c2ccc([nH]2)C2C=CC(=N2)/C(C)=C2/C=CC1=N2. The molecular weight excluding hydrogens is 320 g/mol. The van der Waals surface area contributed by atoms with Gasteiger partial charge < -0.3 is 9.97 Å². The first-order valence-electron chi connectivity index (χ1n) is 8.91. The molecule has 5 heterocycles. The quantitative estimate of drug-likeness (QED) is 0.741. The predicted molar refractivity (Wildman–Crippen MR) is 107 cm³/mol. The molecule has 4 nitrogen and oxygen atoms in total. The number of aliphatic imine (C=N–C) groups is 2. The van der Waals surface area contributed by atoms with E-state index >= 15 is 0 Å². The lowest BCUT2D eigenvalue weighted by atomic mass is 10.1. The second kappa shape index (κ2) is 5.43. The van der Waals surface area contributed by atoms with Crippen LogP contribution in [0.2, 0.25) is 0 Å². The summed E-state index contributed by atoms with van der Waals surface area (Å²) in [5.74, 6) is 0. The molecule has 8 bridgehead atoms. The van der Waals surface area contributed by atoms with Crippen LogP contribution in [0.25, 0.3) is 11.1 Å². The lowest BCUT2D eigenvalue weighted by molar-refractivity contribution is 0.889. The van der Waals surface area contributed by atoms with Crippen LogP contribution in [0.1, 0.15) is 38.2 Å². The summed E-state index contributed by atoms with van der Waals surface area (Å²) in [6.45, 7) is 6.34. The topological polar surface area (TPSA) is 56.3 Å². The maximum absolute atomic E-state index is 4.89. The molecule has 0 saturated carbocycles. The molecular formula is C22H20N4. The van der Waals surface area contributed by atoms with Crippen LogP contribution >= 0.6 is 0 Å². The van der Waals surface area contributed by atoms with Crippen LogP contribution in [-0.2, 0) is 0 Å². The number of H-pyrrole nitrogens is 2. The van der Waals surface area contributed by atoms with Crippen LogP contribution in [0.15, 0.2) is 69.8 Å². The Morgan fingerprint density at radius 2 is 1.58 bits per heavy atom. The summed E-state index contributed by atoms with van der Waals surface area (Å²) in [6.07, 6.45) is 8.41.